The molecule has 2 aromatic rings. The highest BCUT2D eigenvalue weighted by Gasteiger charge is 2.19. The molecule has 1 aromatic heterocycles. The monoisotopic (exact) mass is 468 g/mol. The van der Waals surface area contributed by atoms with E-state index < -0.39 is 22.7 Å². The topological polar surface area (TPSA) is 108 Å². The van der Waals surface area contributed by atoms with Crippen molar-refractivity contribution in [2.45, 2.75) is 19.6 Å². The number of carbonyl (C=O) groups is 1. The van der Waals surface area contributed by atoms with Gasteiger partial charge in [-0.15, -0.1) is 0 Å². The van der Waals surface area contributed by atoms with Gasteiger partial charge in [0.15, 0.2) is 5.69 Å². The highest BCUT2D eigenvalue weighted by Crippen LogP contribution is 2.34. The molecule has 0 radical (unpaired) electrons. The van der Waals surface area contributed by atoms with Gasteiger partial charge in [0.2, 0.25) is 0 Å². The van der Waals surface area contributed by atoms with Crippen LogP contribution in [0.1, 0.15) is 16.9 Å². The zero-order valence-corrected chi connectivity index (χ0v) is 16.3. The van der Waals surface area contributed by atoms with Crippen LogP contribution in [-0.4, -0.2) is 48.7 Å². The van der Waals surface area contributed by atoms with Crippen LogP contribution >= 0.6 is 15.9 Å². The molecule has 0 aliphatic rings. The first kappa shape index (κ1) is 21.3. The van der Waals surface area contributed by atoms with Gasteiger partial charge in [0, 0.05) is 16.6 Å². The Labute approximate surface area is 162 Å². The second-order valence-electron chi connectivity index (χ2n) is 5.34. The maximum absolute atomic E-state index is 12.7. The van der Waals surface area contributed by atoms with Crippen molar-refractivity contribution in [3.8, 4) is 17.0 Å². The van der Waals surface area contributed by atoms with Crippen LogP contribution in [0.3, 0.4) is 0 Å². The van der Waals surface area contributed by atoms with Crippen LogP contribution in [0.5, 0.6) is 5.75 Å². The minimum absolute atomic E-state index is 0.0995. The van der Waals surface area contributed by atoms with Crippen LogP contribution in [0.2, 0.25) is 0 Å². The molecule has 0 bridgehead atoms. The van der Waals surface area contributed by atoms with E-state index >= 15 is 0 Å². The molecule has 1 aromatic carbocycles. The van der Waals surface area contributed by atoms with Crippen molar-refractivity contribution in [2.24, 2.45) is 0 Å². The first-order chi connectivity index (χ1) is 12.6. The van der Waals surface area contributed by atoms with Crippen LogP contribution in [-0.2, 0) is 20.8 Å². The summed E-state index contributed by atoms with van der Waals surface area (Å²) in [7, 11) is -3.61. The Kier molecular flexibility index (Phi) is 6.89. The lowest BCUT2D eigenvalue weighted by atomic mass is 10.1. The van der Waals surface area contributed by atoms with Crippen molar-refractivity contribution in [2.75, 3.05) is 12.9 Å². The van der Waals surface area contributed by atoms with Gasteiger partial charge in [0.1, 0.15) is 5.75 Å². The van der Waals surface area contributed by atoms with E-state index in [2.05, 4.69) is 29.9 Å². The van der Waals surface area contributed by atoms with Crippen LogP contribution in [0.25, 0.3) is 11.3 Å². The lowest BCUT2D eigenvalue weighted by Gasteiger charge is -2.13. The fraction of sp³-hybridized carbons (Fsp3) is 0.333. The summed E-state index contributed by atoms with van der Waals surface area (Å²) in [4.78, 5) is 11.2. The van der Waals surface area contributed by atoms with Crippen LogP contribution in [0.15, 0.2) is 28.7 Å². The molecule has 0 atom stereocenters. The number of carboxylic acids is 1. The van der Waals surface area contributed by atoms with E-state index in [0.29, 0.717) is 4.47 Å². The Hall–Kier alpha value is -2.05. The standard InChI is InChI=1S/C15H15BrF2N2O6S/c1-27(23,24)25-6-2-5-20-12(8-11(19-20)14(21)22)10-4-3-9(16)7-13(10)26-15(17)18/h3-4,7-8,15H,2,5-6H2,1H3,(H,21,22). The highest BCUT2D eigenvalue weighted by molar-refractivity contribution is 9.10. The lowest BCUT2D eigenvalue weighted by molar-refractivity contribution is -0.0495. The number of alkyl halides is 2. The lowest BCUT2D eigenvalue weighted by Crippen LogP contribution is -2.10. The van der Waals surface area contributed by atoms with E-state index in [1.165, 1.54) is 22.9 Å². The van der Waals surface area contributed by atoms with E-state index in [0.717, 1.165) is 6.26 Å². The number of benzene rings is 1. The van der Waals surface area contributed by atoms with Crippen LogP contribution in [0, 0.1) is 0 Å². The maximum Gasteiger partial charge on any atom is 0.387 e. The number of aromatic nitrogens is 2. The number of hydrogen-bond acceptors (Lipinski definition) is 6. The zero-order valence-electron chi connectivity index (χ0n) is 13.9. The largest absolute Gasteiger partial charge is 0.476 e. The number of aryl methyl sites for hydroxylation is 1. The molecule has 1 N–H and O–H groups in total. The molecule has 148 valence electrons. The smallest absolute Gasteiger partial charge is 0.387 e. The van der Waals surface area contributed by atoms with Gasteiger partial charge in [-0.3, -0.25) is 8.86 Å². The van der Waals surface area contributed by atoms with E-state index in [9.17, 15) is 22.0 Å². The molecule has 0 saturated carbocycles. The first-order valence-electron chi connectivity index (χ1n) is 7.47. The van der Waals surface area contributed by atoms with E-state index in [4.69, 9.17) is 5.11 Å². The summed E-state index contributed by atoms with van der Waals surface area (Å²) in [5.74, 6) is -1.46. The number of halogens is 3. The normalized spacial score (nSPS) is 11.7. The molecule has 0 aliphatic heterocycles. The Bertz CT molecular complexity index is 932. The zero-order chi connectivity index (χ0) is 20.2. The van der Waals surface area contributed by atoms with Gasteiger partial charge in [-0.25, -0.2) is 4.79 Å². The SMILES string of the molecule is CS(=O)(=O)OCCCn1nc(C(=O)O)cc1-c1ccc(Br)cc1OC(F)F. The number of rotatable bonds is 9. The third-order valence-corrected chi connectivity index (χ3v) is 4.33. The summed E-state index contributed by atoms with van der Waals surface area (Å²) >= 11 is 3.16. The fourth-order valence-corrected chi connectivity index (χ4v) is 3.00. The first-order valence-corrected chi connectivity index (χ1v) is 10.1. The molecule has 8 nitrogen and oxygen atoms in total. The van der Waals surface area contributed by atoms with Gasteiger partial charge in [-0.2, -0.15) is 22.3 Å². The Morgan fingerprint density at radius 3 is 2.67 bits per heavy atom. The Morgan fingerprint density at radius 2 is 2.07 bits per heavy atom. The second-order valence-corrected chi connectivity index (χ2v) is 7.90. The van der Waals surface area contributed by atoms with Gasteiger partial charge in [0.25, 0.3) is 10.1 Å². The van der Waals surface area contributed by atoms with Gasteiger partial charge in [-0.05, 0) is 30.7 Å². The van der Waals surface area contributed by atoms with E-state index in [1.807, 2.05) is 0 Å². The second kappa shape index (κ2) is 8.76. The molecule has 0 spiro atoms. The third kappa shape index (κ3) is 6.26. The van der Waals surface area contributed by atoms with Gasteiger partial charge >= 0.3 is 12.6 Å². The molecule has 0 saturated heterocycles. The molecular formula is C15H15BrF2N2O6S. The van der Waals surface area contributed by atoms with Gasteiger partial charge in [-0.1, -0.05) is 15.9 Å². The number of carboxylic acid groups (broad SMARTS) is 1. The highest BCUT2D eigenvalue weighted by atomic mass is 79.9. The van der Waals surface area contributed by atoms with Crippen molar-refractivity contribution >= 4 is 32.0 Å². The molecule has 0 fully saturated rings. The van der Waals surface area contributed by atoms with Crippen molar-refractivity contribution in [1.82, 2.24) is 9.78 Å². The van der Waals surface area contributed by atoms with Crippen molar-refractivity contribution in [3.05, 3.63) is 34.4 Å². The Morgan fingerprint density at radius 1 is 1.37 bits per heavy atom. The van der Waals surface area contributed by atoms with Gasteiger partial charge in [0.05, 0.1) is 18.6 Å². The minimum atomic E-state index is -3.61. The fourth-order valence-electron chi connectivity index (χ4n) is 2.23. The third-order valence-electron chi connectivity index (χ3n) is 3.25. The predicted molar refractivity (Wildman–Crippen MR) is 94.4 cm³/mol. The maximum atomic E-state index is 12.7. The molecular weight excluding hydrogens is 454 g/mol. The number of nitrogens with zero attached hydrogens (tertiary/aromatic N) is 2. The molecule has 12 heteroatoms. The van der Waals surface area contributed by atoms with Crippen molar-refractivity contribution in [3.63, 3.8) is 0 Å². The summed E-state index contributed by atoms with van der Waals surface area (Å²) in [6, 6.07) is 5.61. The minimum Gasteiger partial charge on any atom is -0.476 e. The summed E-state index contributed by atoms with van der Waals surface area (Å²) in [5.41, 5.74) is 0.150. The molecule has 2 rings (SSSR count). The molecule has 0 aliphatic carbocycles. The summed E-state index contributed by atoms with van der Waals surface area (Å²) in [5, 5.41) is 13.1. The molecule has 0 unspecified atom stereocenters. The summed E-state index contributed by atoms with van der Waals surface area (Å²) in [6.45, 7) is -3.11. The van der Waals surface area contributed by atoms with Crippen LogP contribution in [0.4, 0.5) is 8.78 Å². The molecule has 27 heavy (non-hydrogen) atoms. The van der Waals surface area contributed by atoms with E-state index in [1.54, 1.807) is 6.07 Å². The van der Waals surface area contributed by atoms with Crippen LogP contribution < -0.4 is 4.74 Å². The quantitative estimate of drug-likeness (QED) is 0.445. The van der Waals surface area contributed by atoms with E-state index in [-0.39, 0.29) is 42.3 Å². The predicted octanol–water partition coefficient (Wildman–Crippen LogP) is 2.98. The summed E-state index contributed by atoms with van der Waals surface area (Å²) in [6.07, 6.45) is 1.10. The average Bonchev–Trinajstić information content (AvgIpc) is 2.94. The molecule has 1 heterocycles. The van der Waals surface area contributed by atoms with Crippen molar-refractivity contribution in [1.29, 1.82) is 0 Å². The van der Waals surface area contributed by atoms with Gasteiger partial charge < -0.3 is 9.84 Å². The number of hydrogen-bond donors (Lipinski definition) is 1. The average molecular weight is 469 g/mol. The molecule has 0 amide bonds. The van der Waals surface area contributed by atoms with Crippen molar-refractivity contribution < 1.29 is 36.0 Å². The Balaban J connectivity index is 2.36. The summed E-state index contributed by atoms with van der Waals surface area (Å²) < 4.78 is 58.3. The number of ether oxygens (including phenoxy) is 1. The number of aromatic carboxylic acids is 1.